The van der Waals surface area contributed by atoms with Crippen molar-refractivity contribution in [2.75, 3.05) is 25.6 Å². The first-order valence-corrected chi connectivity index (χ1v) is 7.54. The van der Waals surface area contributed by atoms with E-state index >= 15 is 0 Å². The van der Waals surface area contributed by atoms with Crippen LogP contribution in [-0.4, -0.2) is 42.2 Å². The summed E-state index contributed by atoms with van der Waals surface area (Å²) in [6.07, 6.45) is 0. The van der Waals surface area contributed by atoms with Crippen LogP contribution in [0.2, 0.25) is 0 Å². The Morgan fingerprint density at radius 1 is 1.29 bits per heavy atom. The van der Waals surface area contributed by atoms with Crippen LogP contribution >= 0.6 is 11.8 Å². The number of nitrogen functional groups attached to an aromatic ring is 1. The SMILES string of the molecule is CN(C)C(=O)c1ccc(N)cc1SCC(=O)OC(C)(C)C. The van der Waals surface area contributed by atoms with E-state index in [1.54, 1.807) is 32.3 Å². The lowest BCUT2D eigenvalue weighted by molar-refractivity contribution is -0.151. The average molecular weight is 310 g/mol. The number of esters is 1. The molecule has 116 valence electrons. The molecule has 0 aromatic heterocycles. The molecule has 0 fully saturated rings. The third kappa shape index (κ3) is 5.67. The fraction of sp³-hybridized carbons (Fsp3) is 0.467. The molecule has 0 atom stereocenters. The van der Waals surface area contributed by atoms with Gasteiger partial charge in [-0.2, -0.15) is 0 Å². The highest BCUT2D eigenvalue weighted by molar-refractivity contribution is 8.00. The minimum absolute atomic E-state index is 0.123. The zero-order valence-corrected chi connectivity index (χ0v) is 13.9. The summed E-state index contributed by atoms with van der Waals surface area (Å²) in [7, 11) is 3.36. The van der Waals surface area contributed by atoms with Gasteiger partial charge in [0.25, 0.3) is 5.91 Å². The average Bonchev–Trinajstić information content (AvgIpc) is 2.33. The molecule has 1 amide bonds. The van der Waals surface area contributed by atoms with Crippen LogP contribution in [0.25, 0.3) is 0 Å². The third-order valence-corrected chi connectivity index (χ3v) is 3.44. The highest BCUT2D eigenvalue weighted by Gasteiger charge is 2.19. The van der Waals surface area contributed by atoms with Crippen LogP contribution in [0.5, 0.6) is 0 Å². The summed E-state index contributed by atoms with van der Waals surface area (Å²) in [6, 6.07) is 5.05. The molecule has 0 heterocycles. The van der Waals surface area contributed by atoms with E-state index in [0.29, 0.717) is 16.1 Å². The molecular formula is C15H22N2O3S. The molecule has 0 radical (unpaired) electrons. The summed E-state index contributed by atoms with van der Waals surface area (Å²) < 4.78 is 5.25. The zero-order valence-electron chi connectivity index (χ0n) is 13.1. The van der Waals surface area contributed by atoms with Crippen LogP contribution in [0.3, 0.4) is 0 Å². The number of hydrogen-bond acceptors (Lipinski definition) is 5. The van der Waals surface area contributed by atoms with E-state index in [1.165, 1.54) is 16.7 Å². The highest BCUT2D eigenvalue weighted by Crippen LogP contribution is 2.26. The lowest BCUT2D eigenvalue weighted by atomic mass is 10.2. The molecule has 0 spiro atoms. The van der Waals surface area contributed by atoms with Crippen LogP contribution in [0.15, 0.2) is 23.1 Å². The molecule has 6 heteroatoms. The van der Waals surface area contributed by atoms with E-state index in [4.69, 9.17) is 10.5 Å². The van der Waals surface area contributed by atoms with Crippen molar-refractivity contribution in [3.05, 3.63) is 23.8 Å². The van der Waals surface area contributed by atoms with Gasteiger partial charge in [-0.1, -0.05) is 0 Å². The van der Waals surface area contributed by atoms with Crippen molar-refractivity contribution in [1.82, 2.24) is 4.90 Å². The number of amides is 1. The second-order valence-electron chi connectivity index (χ2n) is 5.83. The Hall–Kier alpha value is -1.69. The molecule has 2 N–H and O–H groups in total. The number of nitrogens with zero attached hydrogens (tertiary/aromatic N) is 1. The highest BCUT2D eigenvalue weighted by atomic mass is 32.2. The quantitative estimate of drug-likeness (QED) is 0.525. The van der Waals surface area contributed by atoms with Crippen LogP contribution < -0.4 is 5.73 Å². The molecule has 0 bridgehead atoms. The van der Waals surface area contributed by atoms with Crippen LogP contribution in [0.1, 0.15) is 31.1 Å². The van der Waals surface area contributed by atoms with Gasteiger partial charge in [-0.05, 0) is 39.0 Å². The molecule has 0 aliphatic heterocycles. The van der Waals surface area contributed by atoms with Gasteiger partial charge in [0.05, 0.1) is 11.3 Å². The second kappa shape index (κ2) is 6.85. The Bertz CT molecular complexity index is 536. The topological polar surface area (TPSA) is 72.6 Å². The first kappa shape index (κ1) is 17.4. The number of ether oxygens (including phenoxy) is 1. The third-order valence-electron chi connectivity index (χ3n) is 2.41. The van der Waals surface area contributed by atoms with Crippen LogP contribution in [0.4, 0.5) is 5.69 Å². The van der Waals surface area contributed by atoms with Gasteiger partial charge >= 0.3 is 5.97 Å². The fourth-order valence-corrected chi connectivity index (χ4v) is 2.45. The summed E-state index contributed by atoms with van der Waals surface area (Å²) in [5.74, 6) is -0.311. The predicted molar refractivity (Wildman–Crippen MR) is 85.4 cm³/mol. The smallest absolute Gasteiger partial charge is 0.316 e. The van der Waals surface area contributed by atoms with Crippen molar-refractivity contribution in [2.24, 2.45) is 0 Å². The normalized spacial score (nSPS) is 11.1. The predicted octanol–water partition coefficient (Wildman–Crippen LogP) is 2.40. The van der Waals surface area contributed by atoms with Gasteiger partial charge in [-0.15, -0.1) is 11.8 Å². The molecule has 5 nitrogen and oxygen atoms in total. The number of benzene rings is 1. The zero-order chi connectivity index (χ0) is 16.2. The molecule has 21 heavy (non-hydrogen) atoms. The molecule has 1 aromatic carbocycles. The maximum atomic E-state index is 12.1. The first-order chi connectivity index (χ1) is 9.60. The molecule has 0 unspecified atom stereocenters. The van der Waals surface area contributed by atoms with E-state index in [1.807, 2.05) is 20.8 Å². The van der Waals surface area contributed by atoms with Gasteiger partial charge in [0.2, 0.25) is 0 Å². The second-order valence-corrected chi connectivity index (χ2v) is 6.85. The van der Waals surface area contributed by atoms with Gasteiger partial charge < -0.3 is 15.4 Å². The Labute approximate surface area is 129 Å². The Morgan fingerprint density at radius 3 is 2.43 bits per heavy atom. The number of hydrogen-bond donors (Lipinski definition) is 1. The number of nitrogens with two attached hydrogens (primary N) is 1. The van der Waals surface area contributed by atoms with E-state index in [-0.39, 0.29) is 17.6 Å². The standard InChI is InChI=1S/C15H22N2O3S/c1-15(2,3)20-13(18)9-21-12-8-10(16)6-7-11(12)14(19)17(4)5/h6-8H,9,16H2,1-5H3. The molecule has 0 saturated heterocycles. The van der Waals surface area contributed by atoms with Crippen molar-refractivity contribution < 1.29 is 14.3 Å². The summed E-state index contributed by atoms with van der Waals surface area (Å²) in [6.45, 7) is 5.45. The Morgan fingerprint density at radius 2 is 1.90 bits per heavy atom. The molecule has 1 rings (SSSR count). The molecular weight excluding hydrogens is 288 g/mol. The Kier molecular flexibility index (Phi) is 5.66. The summed E-state index contributed by atoms with van der Waals surface area (Å²) in [5, 5.41) is 0. The van der Waals surface area contributed by atoms with Crippen molar-refractivity contribution >= 4 is 29.3 Å². The monoisotopic (exact) mass is 310 g/mol. The van der Waals surface area contributed by atoms with Crippen molar-refractivity contribution in [1.29, 1.82) is 0 Å². The molecule has 0 aliphatic carbocycles. The van der Waals surface area contributed by atoms with Crippen LogP contribution in [0, 0.1) is 0 Å². The number of anilines is 1. The Balaban J connectivity index is 2.85. The van der Waals surface area contributed by atoms with E-state index in [9.17, 15) is 9.59 Å². The number of carbonyl (C=O) groups excluding carboxylic acids is 2. The minimum atomic E-state index is -0.518. The maximum Gasteiger partial charge on any atom is 0.316 e. The number of rotatable bonds is 4. The van der Waals surface area contributed by atoms with Gasteiger partial charge in [-0.3, -0.25) is 9.59 Å². The maximum absolute atomic E-state index is 12.1. The molecule has 0 saturated carbocycles. The fourth-order valence-electron chi connectivity index (χ4n) is 1.58. The van der Waals surface area contributed by atoms with Crippen LogP contribution in [-0.2, 0) is 9.53 Å². The van der Waals surface area contributed by atoms with Gasteiger partial charge in [0.15, 0.2) is 0 Å². The number of carbonyl (C=O) groups is 2. The first-order valence-electron chi connectivity index (χ1n) is 6.56. The molecule has 0 aliphatic rings. The van der Waals surface area contributed by atoms with Gasteiger partial charge in [-0.25, -0.2) is 0 Å². The summed E-state index contributed by atoms with van der Waals surface area (Å²) in [4.78, 5) is 26.0. The summed E-state index contributed by atoms with van der Waals surface area (Å²) >= 11 is 1.25. The van der Waals surface area contributed by atoms with Gasteiger partial charge in [0, 0.05) is 24.7 Å². The minimum Gasteiger partial charge on any atom is -0.459 e. The number of thioether (sulfide) groups is 1. The van der Waals surface area contributed by atoms with Gasteiger partial charge in [0.1, 0.15) is 5.60 Å². The van der Waals surface area contributed by atoms with E-state index in [0.717, 1.165) is 0 Å². The lowest BCUT2D eigenvalue weighted by Crippen LogP contribution is -2.25. The van der Waals surface area contributed by atoms with E-state index in [2.05, 4.69) is 0 Å². The van der Waals surface area contributed by atoms with Crippen molar-refractivity contribution in [2.45, 2.75) is 31.3 Å². The lowest BCUT2D eigenvalue weighted by Gasteiger charge is -2.19. The summed E-state index contributed by atoms with van der Waals surface area (Å²) in [5.41, 5.74) is 6.32. The van der Waals surface area contributed by atoms with Crippen molar-refractivity contribution in [3.8, 4) is 0 Å². The van der Waals surface area contributed by atoms with E-state index < -0.39 is 5.60 Å². The largest absolute Gasteiger partial charge is 0.459 e. The molecule has 1 aromatic rings. The van der Waals surface area contributed by atoms with Crippen molar-refractivity contribution in [3.63, 3.8) is 0 Å².